The zero-order valence-corrected chi connectivity index (χ0v) is 14.9. The number of nitrogens with zero attached hydrogens (tertiary/aromatic N) is 2. The van der Waals surface area contributed by atoms with E-state index in [1.807, 2.05) is 38.4 Å². The summed E-state index contributed by atoms with van der Waals surface area (Å²) in [6, 6.07) is 7.68. The Bertz CT molecular complexity index is 977. The third kappa shape index (κ3) is 3.70. The predicted octanol–water partition coefficient (Wildman–Crippen LogP) is 2.30. The van der Waals surface area contributed by atoms with Crippen molar-refractivity contribution in [3.8, 4) is 11.1 Å². The van der Waals surface area contributed by atoms with Gasteiger partial charge < -0.3 is 14.6 Å². The topological polar surface area (TPSA) is 87.3 Å². The molecule has 0 aliphatic rings. The van der Waals surface area contributed by atoms with Crippen LogP contribution in [0.5, 0.6) is 0 Å². The molecule has 0 spiro atoms. The van der Waals surface area contributed by atoms with Crippen LogP contribution in [-0.2, 0) is 9.53 Å². The van der Waals surface area contributed by atoms with E-state index in [1.165, 1.54) is 18.4 Å². The third-order valence-electron chi connectivity index (χ3n) is 3.61. The molecule has 2 N–H and O–H groups in total. The van der Waals surface area contributed by atoms with Crippen LogP contribution in [-0.4, -0.2) is 43.7 Å². The van der Waals surface area contributed by atoms with Gasteiger partial charge in [-0.1, -0.05) is 17.4 Å². The highest BCUT2D eigenvalue weighted by Crippen LogP contribution is 2.30. The maximum absolute atomic E-state index is 11.9. The fourth-order valence-electron chi connectivity index (χ4n) is 2.41. The number of aromatic nitrogens is 2. The Balaban J connectivity index is 1.95. The molecular formula is C17H18N4O3S. The van der Waals surface area contributed by atoms with E-state index in [0.717, 1.165) is 21.3 Å². The molecule has 0 atom stereocenters. The number of pyridine rings is 1. The molecule has 25 heavy (non-hydrogen) atoms. The Kier molecular flexibility index (Phi) is 4.82. The first-order valence-electron chi connectivity index (χ1n) is 7.57. The Morgan fingerprint density at radius 2 is 2.12 bits per heavy atom. The second-order valence-electron chi connectivity index (χ2n) is 5.68. The molecule has 7 nitrogen and oxygen atoms in total. The lowest BCUT2D eigenvalue weighted by atomic mass is 10.1. The summed E-state index contributed by atoms with van der Waals surface area (Å²) < 4.78 is 5.75. The van der Waals surface area contributed by atoms with Gasteiger partial charge in [-0.25, -0.2) is 4.98 Å². The van der Waals surface area contributed by atoms with Gasteiger partial charge in [0.15, 0.2) is 5.13 Å². The summed E-state index contributed by atoms with van der Waals surface area (Å²) in [5, 5.41) is 3.24. The fourth-order valence-corrected chi connectivity index (χ4v) is 3.34. The number of thiazole rings is 1. The molecule has 8 heteroatoms. The van der Waals surface area contributed by atoms with Gasteiger partial charge in [-0.15, -0.1) is 0 Å². The molecule has 3 rings (SSSR count). The molecule has 1 aromatic carbocycles. The number of methoxy groups -OCH3 is 1. The van der Waals surface area contributed by atoms with Crippen molar-refractivity contribution in [2.24, 2.45) is 0 Å². The maximum atomic E-state index is 11.9. The van der Waals surface area contributed by atoms with Crippen LogP contribution in [0.15, 0.2) is 35.3 Å². The fraction of sp³-hybridized carbons (Fsp3) is 0.235. The van der Waals surface area contributed by atoms with Crippen molar-refractivity contribution < 1.29 is 9.53 Å². The average molecular weight is 358 g/mol. The average Bonchev–Trinajstić information content (AvgIpc) is 2.96. The van der Waals surface area contributed by atoms with Gasteiger partial charge in [-0.05, 0) is 23.8 Å². The lowest BCUT2D eigenvalue weighted by Gasteiger charge is -2.12. The number of amides is 1. The molecule has 0 aliphatic heterocycles. The quantitative estimate of drug-likeness (QED) is 0.731. The molecule has 130 valence electrons. The van der Waals surface area contributed by atoms with Crippen molar-refractivity contribution in [3.63, 3.8) is 0 Å². The Labute approximate surface area is 148 Å². The van der Waals surface area contributed by atoms with Crippen molar-refractivity contribution >= 4 is 38.3 Å². The zero-order valence-electron chi connectivity index (χ0n) is 14.1. The molecule has 0 radical (unpaired) electrons. The first-order valence-corrected chi connectivity index (χ1v) is 8.39. The highest BCUT2D eigenvalue weighted by Gasteiger charge is 2.10. The number of ether oxygens (including phenoxy) is 1. The minimum absolute atomic E-state index is 0.00807. The Morgan fingerprint density at radius 3 is 2.84 bits per heavy atom. The van der Waals surface area contributed by atoms with Gasteiger partial charge in [0.1, 0.15) is 12.3 Å². The second-order valence-corrected chi connectivity index (χ2v) is 6.71. The van der Waals surface area contributed by atoms with E-state index in [-0.39, 0.29) is 18.1 Å². The van der Waals surface area contributed by atoms with Gasteiger partial charge in [-0.3, -0.25) is 14.9 Å². The number of anilines is 2. The monoisotopic (exact) mass is 358 g/mol. The van der Waals surface area contributed by atoms with Crippen molar-refractivity contribution in [1.82, 2.24) is 9.97 Å². The number of carbonyl (C=O) groups is 1. The SMILES string of the molecule is COCC(=O)Nc1nc2ccc(-c3c[nH]c(=O)c(N(C)C)c3)cc2s1. The van der Waals surface area contributed by atoms with E-state index in [4.69, 9.17) is 4.74 Å². The molecule has 3 aromatic rings. The maximum Gasteiger partial charge on any atom is 0.271 e. The van der Waals surface area contributed by atoms with Crippen LogP contribution in [0.25, 0.3) is 21.3 Å². The number of nitrogens with one attached hydrogen (secondary N) is 2. The molecule has 0 fully saturated rings. The van der Waals surface area contributed by atoms with Crippen LogP contribution in [0.2, 0.25) is 0 Å². The van der Waals surface area contributed by atoms with Crippen molar-refractivity contribution in [2.75, 3.05) is 38.0 Å². The molecule has 0 aliphatic carbocycles. The largest absolute Gasteiger partial charge is 0.375 e. The van der Waals surface area contributed by atoms with Crippen molar-refractivity contribution in [1.29, 1.82) is 0 Å². The minimum Gasteiger partial charge on any atom is -0.375 e. The molecule has 0 bridgehead atoms. The molecule has 0 saturated heterocycles. The smallest absolute Gasteiger partial charge is 0.271 e. The molecule has 2 heterocycles. The van der Waals surface area contributed by atoms with E-state index < -0.39 is 0 Å². The molecule has 1 amide bonds. The van der Waals surface area contributed by atoms with Crippen LogP contribution < -0.4 is 15.8 Å². The summed E-state index contributed by atoms with van der Waals surface area (Å²) in [5.74, 6) is -0.238. The van der Waals surface area contributed by atoms with E-state index >= 15 is 0 Å². The zero-order chi connectivity index (χ0) is 18.0. The van der Waals surface area contributed by atoms with E-state index in [0.29, 0.717) is 10.8 Å². The van der Waals surface area contributed by atoms with Gasteiger partial charge in [0.2, 0.25) is 0 Å². The van der Waals surface area contributed by atoms with Gasteiger partial charge in [0, 0.05) is 33.0 Å². The number of hydrogen-bond acceptors (Lipinski definition) is 6. The Morgan fingerprint density at radius 1 is 1.32 bits per heavy atom. The molecule has 0 saturated carbocycles. The van der Waals surface area contributed by atoms with Crippen LogP contribution in [0.4, 0.5) is 10.8 Å². The van der Waals surface area contributed by atoms with Crippen LogP contribution in [0.3, 0.4) is 0 Å². The molecular weight excluding hydrogens is 340 g/mol. The van der Waals surface area contributed by atoms with Gasteiger partial charge in [0.05, 0.1) is 10.2 Å². The van der Waals surface area contributed by atoms with Gasteiger partial charge >= 0.3 is 0 Å². The normalized spacial score (nSPS) is 10.8. The number of hydrogen-bond donors (Lipinski definition) is 2. The van der Waals surface area contributed by atoms with E-state index in [2.05, 4.69) is 15.3 Å². The van der Waals surface area contributed by atoms with Gasteiger partial charge in [-0.2, -0.15) is 0 Å². The summed E-state index contributed by atoms with van der Waals surface area (Å²) in [6.45, 7) is -0.00807. The highest BCUT2D eigenvalue weighted by molar-refractivity contribution is 7.22. The lowest BCUT2D eigenvalue weighted by Crippen LogP contribution is -2.20. The number of fused-ring (bicyclic) bond motifs is 1. The minimum atomic E-state index is -0.238. The number of carbonyl (C=O) groups excluding carboxylic acids is 1. The van der Waals surface area contributed by atoms with Crippen molar-refractivity contribution in [3.05, 3.63) is 40.8 Å². The number of H-pyrrole nitrogens is 1. The molecule has 2 aromatic heterocycles. The number of benzene rings is 1. The standard InChI is InChI=1S/C17H18N4O3S/c1-21(2)13-6-11(8-18-16(13)23)10-4-5-12-14(7-10)25-17(19-12)20-15(22)9-24-3/h4-8H,9H2,1-3H3,(H,18,23)(H,19,20,22). The van der Waals surface area contributed by atoms with Crippen LogP contribution in [0, 0.1) is 0 Å². The first-order chi connectivity index (χ1) is 12.0. The van der Waals surface area contributed by atoms with E-state index in [1.54, 1.807) is 11.1 Å². The van der Waals surface area contributed by atoms with Crippen molar-refractivity contribution in [2.45, 2.75) is 0 Å². The summed E-state index contributed by atoms with van der Waals surface area (Å²) in [4.78, 5) is 32.4. The lowest BCUT2D eigenvalue weighted by molar-refractivity contribution is -0.119. The molecule has 0 unspecified atom stereocenters. The Hall–Kier alpha value is -2.71. The van der Waals surface area contributed by atoms with Crippen LogP contribution in [0.1, 0.15) is 0 Å². The summed E-state index contributed by atoms with van der Waals surface area (Å²) in [6.07, 6.45) is 1.69. The summed E-state index contributed by atoms with van der Waals surface area (Å²) in [5.41, 5.74) is 3.14. The summed E-state index contributed by atoms with van der Waals surface area (Å²) >= 11 is 1.39. The number of aromatic amines is 1. The van der Waals surface area contributed by atoms with E-state index in [9.17, 15) is 9.59 Å². The van der Waals surface area contributed by atoms with Crippen LogP contribution >= 0.6 is 11.3 Å². The first kappa shape index (κ1) is 17.1. The number of rotatable bonds is 5. The second kappa shape index (κ2) is 7.04. The van der Waals surface area contributed by atoms with Gasteiger partial charge in [0.25, 0.3) is 11.5 Å². The predicted molar refractivity (Wildman–Crippen MR) is 101 cm³/mol. The third-order valence-corrected chi connectivity index (χ3v) is 4.54. The summed E-state index contributed by atoms with van der Waals surface area (Å²) in [7, 11) is 5.13. The highest BCUT2D eigenvalue weighted by atomic mass is 32.1.